The van der Waals surface area contributed by atoms with Gasteiger partial charge in [-0.2, -0.15) is 0 Å². The van der Waals surface area contributed by atoms with Crippen LogP contribution < -0.4 is 0 Å². The standard InChI is InChI=1S/C13H29NSi/c1-6-9-13(10-7-2)15(8-3)12-11-14(4)5/h6,9,13,15H,7-8,10-12H2,1-5H3/b9-6+. The van der Waals surface area contributed by atoms with Crippen LogP contribution in [0.5, 0.6) is 0 Å². The molecule has 0 aromatic heterocycles. The fourth-order valence-electron chi connectivity index (χ4n) is 2.21. The Morgan fingerprint density at radius 3 is 2.33 bits per heavy atom. The van der Waals surface area contributed by atoms with Crippen LogP contribution in [0.25, 0.3) is 0 Å². The van der Waals surface area contributed by atoms with E-state index in [2.05, 4.69) is 51.9 Å². The molecule has 0 rings (SSSR count). The van der Waals surface area contributed by atoms with Crippen molar-refractivity contribution >= 4 is 8.80 Å². The largest absolute Gasteiger partial charge is 0.310 e. The van der Waals surface area contributed by atoms with E-state index in [0.29, 0.717) is 0 Å². The smallest absolute Gasteiger partial charge is 0.0451 e. The van der Waals surface area contributed by atoms with Crippen molar-refractivity contribution in [3.63, 3.8) is 0 Å². The molecule has 0 spiro atoms. The number of nitrogens with zero attached hydrogens (tertiary/aromatic N) is 1. The van der Waals surface area contributed by atoms with E-state index in [-0.39, 0.29) is 0 Å². The molecule has 0 saturated heterocycles. The van der Waals surface area contributed by atoms with E-state index in [0.717, 1.165) is 5.54 Å². The highest BCUT2D eigenvalue weighted by Crippen LogP contribution is 2.24. The molecule has 0 aromatic rings. The third kappa shape index (κ3) is 6.91. The van der Waals surface area contributed by atoms with Gasteiger partial charge < -0.3 is 4.90 Å². The molecular formula is C13H29NSi. The fraction of sp³-hybridized carbons (Fsp3) is 0.846. The maximum absolute atomic E-state index is 2.47. The van der Waals surface area contributed by atoms with Crippen molar-refractivity contribution in [2.24, 2.45) is 0 Å². The molecule has 0 aliphatic carbocycles. The number of hydrogen-bond donors (Lipinski definition) is 0. The van der Waals surface area contributed by atoms with E-state index in [4.69, 9.17) is 0 Å². The van der Waals surface area contributed by atoms with Crippen LogP contribution in [0.3, 0.4) is 0 Å². The van der Waals surface area contributed by atoms with Gasteiger partial charge in [-0.15, -0.1) is 0 Å². The topological polar surface area (TPSA) is 3.24 Å². The van der Waals surface area contributed by atoms with Gasteiger partial charge in [0, 0.05) is 8.80 Å². The second-order valence-electron chi connectivity index (χ2n) is 4.74. The summed E-state index contributed by atoms with van der Waals surface area (Å²) in [6.45, 7) is 8.14. The first-order chi connectivity index (χ1) is 7.15. The Morgan fingerprint density at radius 2 is 1.93 bits per heavy atom. The summed E-state index contributed by atoms with van der Waals surface area (Å²) in [5.74, 6) is 0. The zero-order valence-corrected chi connectivity index (χ0v) is 12.4. The summed E-state index contributed by atoms with van der Waals surface area (Å²) in [5, 5.41) is 0. The lowest BCUT2D eigenvalue weighted by atomic mass is 10.2. The molecule has 90 valence electrons. The first-order valence-corrected chi connectivity index (χ1v) is 8.73. The number of allylic oxidation sites excluding steroid dienone is 2. The van der Waals surface area contributed by atoms with Gasteiger partial charge in [0.1, 0.15) is 0 Å². The van der Waals surface area contributed by atoms with Gasteiger partial charge in [-0.1, -0.05) is 38.5 Å². The summed E-state index contributed by atoms with van der Waals surface area (Å²) in [6, 6.07) is 2.92. The van der Waals surface area contributed by atoms with Gasteiger partial charge in [-0.05, 0) is 45.6 Å². The summed E-state index contributed by atoms with van der Waals surface area (Å²) in [5.41, 5.74) is 0.935. The molecule has 0 saturated carbocycles. The molecule has 0 aliphatic heterocycles. The van der Waals surface area contributed by atoms with E-state index >= 15 is 0 Å². The molecule has 0 radical (unpaired) electrons. The van der Waals surface area contributed by atoms with E-state index in [1.165, 1.54) is 31.5 Å². The van der Waals surface area contributed by atoms with Gasteiger partial charge in [0.25, 0.3) is 0 Å². The second-order valence-corrected chi connectivity index (χ2v) is 8.51. The minimum atomic E-state index is -0.548. The van der Waals surface area contributed by atoms with Crippen LogP contribution in [-0.2, 0) is 0 Å². The van der Waals surface area contributed by atoms with E-state index < -0.39 is 8.80 Å². The van der Waals surface area contributed by atoms with Crippen LogP contribution in [-0.4, -0.2) is 34.3 Å². The Labute approximate surface area is 98.2 Å². The Balaban J connectivity index is 4.17. The predicted molar refractivity (Wildman–Crippen MR) is 74.5 cm³/mol. The molecule has 0 heterocycles. The van der Waals surface area contributed by atoms with Gasteiger partial charge in [0.15, 0.2) is 0 Å². The third-order valence-electron chi connectivity index (χ3n) is 3.14. The molecule has 0 aromatic carbocycles. The Morgan fingerprint density at radius 1 is 1.27 bits per heavy atom. The Hall–Kier alpha value is -0.0831. The van der Waals surface area contributed by atoms with Crippen molar-refractivity contribution in [1.29, 1.82) is 0 Å². The average Bonchev–Trinajstić information content (AvgIpc) is 2.19. The molecule has 0 bridgehead atoms. The zero-order chi connectivity index (χ0) is 11.7. The van der Waals surface area contributed by atoms with Crippen molar-refractivity contribution in [3.8, 4) is 0 Å². The summed E-state index contributed by atoms with van der Waals surface area (Å²) < 4.78 is 0. The van der Waals surface area contributed by atoms with Gasteiger partial charge in [0.2, 0.25) is 0 Å². The first kappa shape index (κ1) is 14.9. The normalized spacial score (nSPS) is 16.1. The summed E-state index contributed by atoms with van der Waals surface area (Å²) >= 11 is 0. The molecule has 2 unspecified atom stereocenters. The molecule has 0 N–H and O–H groups in total. The van der Waals surface area contributed by atoms with Gasteiger partial charge in [-0.3, -0.25) is 0 Å². The van der Waals surface area contributed by atoms with Crippen molar-refractivity contribution in [1.82, 2.24) is 4.90 Å². The van der Waals surface area contributed by atoms with Crippen LogP contribution in [0.15, 0.2) is 12.2 Å². The van der Waals surface area contributed by atoms with Gasteiger partial charge in [0.05, 0.1) is 0 Å². The summed E-state index contributed by atoms with van der Waals surface area (Å²) in [4.78, 5) is 2.33. The molecule has 15 heavy (non-hydrogen) atoms. The molecule has 2 atom stereocenters. The van der Waals surface area contributed by atoms with Crippen LogP contribution in [0, 0.1) is 0 Å². The van der Waals surface area contributed by atoms with Crippen LogP contribution in [0.4, 0.5) is 0 Å². The highest BCUT2D eigenvalue weighted by atomic mass is 28.3. The van der Waals surface area contributed by atoms with E-state index in [1.54, 1.807) is 0 Å². The lowest BCUT2D eigenvalue weighted by molar-refractivity contribution is 0.431. The predicted octanol–water partition coefficient (Wildman–Crippen LogP) is 3.54. The Bertz CT molecular complexity index is 166. The van der Waals surface area contributed by atoms with Gasteiger partial charge >= 0.3 is 0 Å². The lowest BCUT2D eigenvalue weighted by Gasteiger charge is -2.23. The Kier molecular flexibility index (Phi) is 9.11. The van der Waals surface area contributed by atoms with Crippen LogP contribution in [0.1, 0.15) is 33.6 Å². The van der Waals surface area contributed by atoms with Crippen molar-refractivity contribution < 1.29 is 0 Å². The van der Waals surface area contributed by atoms with E-state index in [1.807, 2.05) is 0 Å². The lowest BCUT2D eigenvalue weighted by Crippen LogP contribution is -2.24. The van der Waals surface area contributed by atoms with Gasteiger partial charge in [-0.25, -0.2) is 0 Å². The second kappa shape index (κ2) is 9.17. The number of hydrogen-bond acceptors (Lipinski definition) is 1. The first-order valence-electron chi connectivity index (χ1n) is 6.43. The minimum Gasteiger partial charge on any atom is -0.310 e. The molecule has 1 nitrogen and oxygen atoms in total. The molecule has 2 heteroatoms. The van der Waals surface area contributed by atoms with Crippen LogP contribution in [0.2, 0.25) is 17.6 Å². The fourth-order valence-corrected chi connectivity index (χ4v) is 5.85. The SMILES string of the molecule is C/C=C/C(CCC)[SiH](CC)CCN(C)C. The summed E-state index contributed by atoms with van der Waals surface area (Å²) in [6.07, 6.45) is 7.47. The minimum absolute atomic E-state index is 0.548. The van der Waals surface area contributed by atoms with Crippen LogP contribution >= 0.6 is 0 Å². The quantitative estimate of drug-likeness (QED) is 0.453. The monoisotopic (exact) mass is 227 g/mol. The number of rotatable bonds is 8. The van der Waals surface area contributed by atoms with Crippen molar-refractivity contribution in [3.05, 3.63) is 12.2 Å². The molecular weight excluding hydrogens is 198 g/mol. The average molecular weight is 227 g/mol. The highest BCUT2D eigenvalue weighted by molar-refractivity contribution is 6.61. The molecule has 0 amide bonds. The summed E-state index contributed by atoms with van der Waals surface area (Å²) in [7, 11) is 3.82. The zero-order valence-electron chi connectivity index (χ0n) is 11.3. The van der Waals surface area contributed by atoms with Crippen molar-refractivity contribution in [2.45, 2.75) is 51.2 Å². The van der Waals surface area contributed by atoms with E-state index in [9.17, 15) is 0 Å². The molecule has 0 fully saturated rings. The molecule has 0 aliphatic rings. The highest BCUT2D eigenvalue weighted by Gasteiger charge is 2.17. The van der Waals surface area contributed by atoms with Crippen molar-refractivity contribution in [2.75, 3.05) is 20.6 Å². The maximum Gasteiger partial charge on any atom is 0.0451 e. The third-order valence-corrected chi connectivity index (χ3v) is 6.95. The maximum atomic E-state index is 2.47.